The SMILES string of the molecule is CCN(CC)C(=O)c1ccc(NC(=O)CSc2nnc(-c3cccs3)n2C2CC2)cc1. The Bertz CT molecular complexity index is 1040. The lowest BCUT2D eigenvalue weighted by molar-refractivity contribution is -0.113. The third-order valence-corrected chi connectivity index (χ3v) is 6.93. The number of carbonyl (C=O) groups is 2. The Kier molecular flexibility index (Phi) is 6.72. The summed E-state index contributed by atoms with van der Waals surface area (Å²) in [5.74, 6) is 1.01. The lowest BCUT2D eigenvalue weighted by Gasteiger charge is -2.18. The number of thiophene rings is 1. The molecule has 0 bridgehead atoms. The number of hydrogen-bond acceptors (Lipinski definition) is 6. The second kappa shape index (κ2) is 9.65. The van der Waals surface area contributed by atoms with Gasteiger partial charge in [-0.15, -0.1) is 21.5 Å². The molecule has 0 atom stereocenters. The molecule has 0 aliphatic heterocycles. The molecule has 1 aromatic carbocycles. The van der Waals surface area contributed by atoms with Gasteiger partial charge in [0.1, 0.15) is 0 Å². The normalized spacial score (nSPS) is 13.2. The molecule has 7 nitrogen and oxygen atoms in total. The number of aromatic nitrogens is 3. The van der Waals surface area contributed by atoms with E-state index in [1.807, 2.05) is 31.4 Å². The maximum Gasteiger partial charge on any atom is 0.253 e. The molecule has 2 amide bonds. The zero-order valence-electron chi connectivity index (χ0n) is 17.6. The van der Waals surface area contributed by atoms with Gasteiger partial charge in [-0.25, -0.2) is 0 Å². The fraction of sp³-hybridized carbons (Fsp3) is 0.364. The van der Waals surface area contributed by atoms with E-state index < -0.39 is 0 Å². The quantitative estimate of drug-likeness (QED) is 0.479. The van der Waals surface area contributed by atoms with Crippen LogP contribution in [0.2, 0.25) is 0 Å². The molecule has 1 fully saturated rings. The maximum absolute atomic E-state index is 12.5. The van der Waals surface area contributed by atoms with E-state index in [4.69, 9.17) is 0 Å². The van der Waals surface area contributed by atoms with Gasteiger partial charge >= 0.3 is 0 Å². The summed E-state index contributed by atoms with van der Waals surface area (Å²) in [5.41, 5.74) is 1.29. The van der Waals surface area contributed by atoms with Crippen LogP contribution in [0.25, 0.3) is 10.7 Å². The van der Waals surface area contributed by atoms with Gasteiger partial charge < -0.3 is 10.2 Å². The van der Waals surface area contributed by atoms with Crippen molar-refractivity contribution >= 4 is 40.6 Å². The number of amides is 2. The fourth-order valence-corrected chi connectivity index (χ4v) is 4.84. The van der Waals surface area contributed by atoms with Crippen molar-refractivity contribution in [2.45, 2.75) is 37.9 Å². The Morgan fingerprint density at radius 3 is 2.52 bits per heavy atom. The lowest BCUT2D eigenvalue weighted by atomic mass is 10.2. The first kappa shape index (κ1) is 21.6. The van der Waals surface area contributed by atoms with Gasteiger partial charge in [-0.2, -0.15) is 0 Å². The van der Waals surface area contributed by atoms with Crippen molar-refractivity contribution in [2.24, 2.45) is 0 Å². The molecule has 3 aromatic rings. The van der Waals surface area contributed by atoms with Crippen molar-refractivity contribution in [2.75, 3.05) is 24.2 Å². The molecule has 1 N–H and O–H groups in total. The van der Waals surface area contributed by atoms with E-state index in [1.165, 1.54) is 11.8 Å². The molecule has 4 rings (SSSR count). The first-order valence-corrected chi connectivity index (χ1v) is 12.3. The van der Waals surface area contributed by atoms with Crippen molar-refractivity contribution in [3.63, 3.8) is 0 Å². The highest BCUT2D eigenvalue weighted by Crippen LogP contribution is 2.41. The number of anilines is 1. The topological polar surface area (TPSA) is 80.1 Å². The Morgan fingerprint density at radius 2 is 1.90 bits per heavy atom. The van der Waals surface area contributed by atoms with Crippen LogP contribution in [0.3, 0.4) is 0 Å². The highest BCUT2D eigenvalue weighted by molar-refractivity contribution is 7.99. The van der Waals surface area contributed by atoms with Crippen LogP contribution < -0.4 is 5.32 Å². The average molecular weight is 456 g/mol. The van der Waals surface area contributed by atoms with Gasteiger partial charge in [-0.3, -0.25) is 14.2 Å². The van der Waals surface area contributed by atoms with E-state index in [1.54, 1.807) is 40.5 Å². The number of thioether (sulfide) groups is 1. The number of nitrogens with one attached hydrogen (secondary N) is 1. The zero-order valence-corrected chi connectivity index (χ0v) is 19.2. The van der Waals surface area contributed by atoms with Gasteiger partial charge in [-0.05, 0) is 62.4 Å². The Hall–Kier alpha value is -2.65. The minimum atomic E-state index is -0.115. The van der Waals surface area contributed by atoms with Gasteiger partial charge in [0, 0.05) is 30.4 Å². The number of hydrogen-bond donors (Lipinski definition) is 1. The second-order valence-corrected chi connectivity index (χ2v) is 9.17. The highest BCUT2D eigenvalue weighted by atomic mass is 32.2. The summed E-state index contributed by atoms with van der Waals surface area (Å²) in [4.78, 5) is 27.7. The molecular weight excluding hydrogens is 430 g/mol. The Labute approximate surface area is 189 Å². The van der Waals surface area contributed by atoms with Crippen LogP contribution in [0.1, 0.15) is 43.1 Å². The van der Waals surface area contributed by atoms with Crippen molar-refractivity contribution in [3.8, 4) is 10.7 Å². The fourth-order valence-electron chi connectivity index (χ4n) is 3.33. The maximum atomic E-state index is 12.5. The first-order valence-electron chi connectivity index (χ1n) is 10.4. The number of nitrogens with zero attached hydrogens (tertiary/aromatic N) is 4. The minimum absolute atomic E-state index is 0.000565. The average Bonchev–Trinajstić information content (AvgIpc) is 3.30. The summed E-state index contributed by atoms with van der Waals surface area (Å²) >= 11 is 3.04. The number of rotatable bonds is 9. The van der Waals surface area contributed by atoms with Gasteiger partial charge in [-0.1, -0.05) is 17.8 Å². The molecule has 0 radical (unpaired) electrons. The Morgan fingerprint density at radius 1 is 1.16 bits per heavy atom. The summed E-state index contributed by atoms with van der Waals surface area (Å²) in [6.07, 6.45) is 2.24. The van der Waals surface area contributed by atoms with Gasteiger partial charge in [0.15, 0.2) is 11.0 Å². The predicted octanol–water partition coefficient (Wildman–Crippen LogP) is 4.55. The molecule has 1 aliphatic rings. The van der Waals surface area contributed by atoms with Crippen LogP contribution in [-0.4, -0.2) is 50.3 Å². The summed E-state index contributed by atoms with van der Waals surface area (Å²) in [6, 6.07) is 11.5. The number of benzene rings is 1. The molecule has 9 heteroatoms. The molecule has 0 spiro atoms. The van der Waals surface area contributed by atoms with E-state index in [0.29, 0.717) is 30.4 Å². The van der Waals surface area contributed by atoms with E-state index >= 15 is 0 Å². The van der Waals surface area contributed by atoms with E-state index in [0.717, 1.165) is 28.7 Å². The molecule has 2 aromatic heterocycles. The van der Waals surface area contributed by atoms with Gasteiger partial charge in [0.2, 0.25) is 5.91 Å². The van der Waals surface area contributed by atoms with E-state index in [2.05, 4.69) is 20.1 Å². The van der Waals surface area contributed by atoms with Gasteiger partial charge in [0.25, 0.3) is 5.91 Å². The lowest BCUT2D eigenvalue weighted by Crippen LogP contribution is -2.30. The minimum Gasteiger partial charge on any atom is -0.339 e. The molecule has 0 saturated heterocycles. The highest BCUT2D eigenvalue weighted by Gasteiger charge is 2.30. The first-order chi connectivity index (χ1) is 15.1. The van der Waals surface area contributed by atoms with Crippen LogP contribution in [0, 0.1) is 0 Å². The van der Waals surface area contributed by atoms with E-state index in [-0.39, 0.29) is 17.6 Å². The van der Waals surface area contributed by atoms with Crippen LogP contribution in [-0.2, 0) is 4.79 Å². The van der Waals surface area contributed by atoms with E-state index in [9.17, 15) is 9.59 Å². The zero-order chi connectivity index (χ0) is 21.8. The molecule has 31 heavy (non-hydrogen) atoms. The third kappa shape index (κ3) is 4.99. The standard InChI is InChI=1S/C22H25N5O2S2/c1-3-26(4-2)21(29)15-7-9-16(10-8-15)23-19(28)14-31-22-25-24-20(18-6-5-13-30-18)27(22)17-11-12-17/h5-10,13,17H,3-4,11-12,14H2,1-2H3,(H,23,28). The molecule has 1 saturated carbocycles. The molecule has 1 aliphatic carbocycles. The van der Waals surface area contributed by atoms with Crippen molar-refractivity contribution in [1.29, 1.82) is 0 Å². The monoisotopic (exact) mass is 455 g/mol. The second-order valence-electron chi connectivity index (χ2n) is 7.28. The van der Waals surface area contributed by atoms with Crippen molar-refractivity contribution < 1.29 is 9.59 Å². The molecular formula is C22H25N5O2S2. The van der Waals surface area contributed by atoms with Crippen LogP contribution in [0.15, 0.2) is 46.9 Å². The van der Waals surface area contributed by atoms with Crippen LogP contribution in [0.5, 0.6) is 0 Å². The summed E-state index contributed by atoms with van der Waals surface area (Å²) in [5, 5.41) is 14.4. The van der Waals surface area contributed by atoms with Crippen LogP contribution in [0.4, 0.5) is 5.69 Å². The predicted molar refractivity (Wildman–Crippen MR) is 125 cm³/mol. The summed E-state index contributed by atoms with van der Waals surface area (Å²) in [7, 11) is 0. The van der Waals surface area contributed by atoms with Crippen LogP contribution >= 0.6 is 23.1 Å². The van der Waals surface area contributed by atoms with Crippen molar-refractivity contribution in [3.05, 3.63) is 47.3 Å². The summed E-state index contributed by atoms with van der Waals surface area (Å²) in [6.45, 7) is 5.26. The Balaban J connectivity index is 1.36. The largest absolute Gasteiger partial charge is 0.339 e. The molecule has 162 valence electrons. The van der Waals surface area contributed by atoms with Crippen molar-refractivity contribution in [1.82, 2.24) is 19.7 Å². The molecule has 2 heterocycles. The third-order valence-electron chi connectivity index (χ3n) is 5.12. The van der Waals surface area contributed by atoms with Gasteiger partial charge in [0.05, 0.1) is 10.6 Å². The smallest absolute Gasteiger partial charge is 0.253 e. The summed E-state index contributed by atoms with van der Waals surface area (Å²) < 4.78 is 2.16. The number of carbonyl (C=O) groups excluding carboxylic acids is 2. The molecule has 0 unspecified atom stereocenters.